The fourth-order valence-corrected chi connectivity index (χ4v) is 15.9. The lowest BCUT2D eigenvalue weighted by Gasteiger charge is -2.42. The van der Waals surface area contributed by atoms with Crippen LogP contribution in [-0.2, 0) is 62.6 Å². The zero-order valence-electron chi connectivity index (χ0n) is 54.1. The Balaban J connectivity index is 1.04. The molecule has 95 heavy (non-hydrogen) atoms. The highest BCUT2D eigenvalue weighted by Gasteiger charge is 2.46. The summed E-state index contributed by atoms with van der Waals surface area (Å²) in [5, 5.41) is 24.0. The summed E-state index contributed by atoms with van der Waals surface area (Å²) >= 11 is 0. The van der Waals surface area contributed by atoms with Gasteiger partial charge in [-0.1, -0.05) is 38.1 Å². The zero-order valence-corrected chi connectivity index (χ0v) is 57.4. The van der Waals surface area contributed by atoms with Crippen molar-refractivity contribution in [1.29, 1.82) is 0 Å². The summed E-state index contributed by atoms with van der Waals surface area (Å²) in [4.78, 5) is 43.1. The monoisotopic (exact) mass is 1380 g/mol. The molecule has 5 aliphatic heterocycles. The van der Waals surface area contributed by atoms with Crippen molar-refractivity contribution >= 4 is 97.8 Å². The number of hydrogen-bond donors (Lipinski definition) is 5. The zero-order chi connectivity index (χ0) is 69.7. The molecule has 5 heterocycles. The van der Waals surface area contributed by atoms with Crippen molar-refractivity contribution in [1.82, 2.24) is 9.89 Å². The summed E-state index contributed by atoms with van der Waals surface area (Å²) in [6.45, 7) is 15.7. The highest BCUT2D eigenvalue weighted by Crippen LogP contribution is 2.50. The van der Waals surface area contributed by atoms with Crippen LogP contribution in [0.4, 0.5) is 17.1 Å². The van der Waals surface area contributed by atoms with Crippen molar-refractivity contribution in [2.24, 2.45) is 0 Å². The van der Waals surface area contributed by atoms with E-state index in [1.165, 1.54) is 30.3 Å². The average molecular weight is 1380 g/mol. The van der Waals surface area contributed by atoms with Gasteiger partial charge in [0.2, 0.25) is 11.0 Å². The van der Waals surface area contributed by atoms with Crippen LogP contribution in [0.2, 0.25) is 0 Å². The molecule has 5 N–H and O–H groups in total. The van der Waals surface area contributed by atoms with Crippen molar-refractivity contribution in [3.05, 3.63) is 176 Å². The molecule has 23 nitrogen and oxygen atoms in total. The normalized spacial score (nSPS) is 17.9. The van der Waals surface area contributed by atoms with E-state index < -0.39 is 97.5 Å². The maximum absolute atomic E-state index is 14.7. The molecule has 0 unspecified atom stereocenters. The van der Waals surface area contributed by atoms with Gasteiger partial charge in [-0.2, -0.15) is 21.4 Å². The van der Waals surface area contributed by atoms with Gasteiger partial charge in [-0.3, -0.25) is 18.7 Å². The Morgan fingerprint density at radius 1 is 0.695 bits per heavy atom. The summed E-state index contributed by atoms with van der Waals surface area (Å²) in [6.07, 6.45) is 10.6. The number of carbonyl (C=O) groups excluding carboxylic acids is 1. The standard InChI is InChI=1S/C68H75N5O18S4/c1-65(2)35-42(38-93(82,83)84)46-31-49-57(33-55(46)70(65)9)91-58-34-56-47(43(39-94(85,86)87)36-66(3,4)71(56)10)32-50(58)62(49)48-29-41(20-22-45(48)64(77)78)63(76)69-37-40-19-23-53-51(28-40)67(5,6)59(73(53)26-15-27-92(79,80)81)16-14-17-60-68(7,8)52-30-44(95(88,89)90)21-24-54(52)72(60)25-13-11-12-18-61(74)75/h14,16-17,19-24,28-36H,11-13,15,18,25-27,37-39H2,1-10H3,(H5-2,69,74,75,76,77,78,79,80,81,82,83,84,85,86,87,88,89,90). The fourth-order valence-electron chi connectivity index (χ4n) is 13.6. The van der Waals surface area contributed by atoms with Gasteiger partial charge in [-0.15, -0.1) is 0 Å². The van der Waals surface area contributed by atoms with Crippen molar-refractivity contribution in [3.63, 3.8) is 0 Å². The number of hydrogen-bond acceptors (Lipinski definition) is 16. The van der Waals surface area contributed by atoms with Crippen molar-refractivity contribution in [2.45, 2.75) is 121 Å². The van der Waals surface area contributed by atoms with Gasteiger partial charge in [0.25, 0.3) is 26.1 Å². The van der Waals surface area contributed by atoms with E-state index in [-0.39, 0.29) is 86.5 Å². The van der Waals surface area contributed by atoms with E-state index in [2.05, 4.69) is 5.32 Å². The SMILES string of the molecule is CN1c2cc3c(cc2C(CS(=O)(=O)[O-])=CC1(C)C)C(c1cc(C(=O)NCc2ccc4c(c2)C(C)(C)C(=CC=CC2=[N+](CCCCCC(=O)O)c5ccc(S(=O)(=O)O)cc5C2(C)C)N4CCCS(=O)(=O)[O-])ccc1C(=O)O)=c1cc2c(cc1O3)=[N+](C)C(C)(C)C=C2CS(=O)(=O)O. The average Bonchev–Trinajstić information content (AvgIpc) is 1.62. The van der Waals surface area contributed by atoms with E-state index in [4.69, 9.17) is 4.74 Å². The number of carbonyl (C=O) groups is 3. The maximum Gasteiger partial charge on any atom is 0.336 e. The van der Waals surface area contributed by atoms with Gasteiger partial charge >= 0.3 is 11.9 Å². The highest BCUT2D eigenvalue weighted by atomic mass is 32.2. The second-order valence-corrected chi connectivity index (χ2v) is 32.6. The molecule has 10 rings (SSSR count). The van der Waals surface area contributed by atoms with Gasteiger partial charge < -0.3 is 39.2 Å². The van der Waals surface area contributed by atoms with Crippen LogP contribution in [-0.4, -0.2) is 146 Å². The van der Waals surface area contributed by atoms with Crippen LogP contribution >= 0.6 is 0 Å². The van der Waals surface area contributed by atoms with Crippen molar-refractivity contribution in [2.75, 3.05) is 54.2 Å². The minimum Gasteiger partial charge on any atom is -0.748 e. The van der Waals surface area contributed by atoms with E-state index in [1.807, 2.05) is 105 Å². The molecule has 27 heteroatoms. The van der Waals surface area contributed by atoms with E-state index in [1.54, 1.807) is 62.6 Å². The van der Waals surface area contributed by atoms with Gasteiger partial charge in [0.1, 0.15) is 30.8 Å². The summed E-state index contributed by atoms with van der Waals surface area (Å²) in [6, 6.07) is 20.5. The Hall–Kier alpha value is -8.15. The van der Waals surface area contributed by atoms with Crippen molar-refractivity contribution in [3.8, 4) is 11.5 Å². The minimum atomic E-state index is -4.87. The number of unbranched alkanes of at least 4 members (excludes halogenated alkanes) is 2. The van der Waals surface area contributed by atoms with Crippen molar-refractivity contribution < 1.29 is 85.8 Å². The molecule has 0 fully saturated rings. The van der Waals surface area contributed by atoms with Gasteiger partial charge in [-0.25, -0.2) is 26.2 Å². The Bertz CT molecular complexity index is 4940. The van der Waals surface area contributed by atoms with Gasteiger partial charge in [0.05, 0.1) is 59.0 Å². The molecular weight excluding hydrogens is 1300 g/mol. The van der Waals surface area contributed by atoms with E-state index >= 15 is 0 Å². The molecule has 5 aliphatic rings. The number of carboxylic acid groups (broad SMARTS) is 2. The Labute approximate surface area is 552 Å². The first kappa shape index (κ1) is 69.7. The third kappa shape index (κ3) is 14.1. The first-order valence-corrected chi connectivity index (χ1v) is 36.8. The number of carboxylic acids is 2. The molecule has 0 aliphatic carbocycles. The predicted molar refractivity (Wildman–Crippen MR) is 357 cm³/mol. The van der Waals surface area contributed by atoms with Crippen LogP contribution in [0.3, 0.4) is 0 Å². The first-order chi connectivity index (χ1) is 44.0. The largest absolute Gasteiger partial charge is 0.748 e. The van der Waals surface area contributed by atoms with E-state index in [0.717, 1.165) is 17.0 Å². The number of fused-ring (bicyclic) bond motifs is 6. The Morgan fingerprint density at radius 2 is 1.40 bits per heavy atom. The lowest BCUT2D eigenvalue weighted by atomic mass is 9.81. The summed E-state index contributed by atoms with van der Waals surface area (Å²) < 4.78 is 154. The van der Waals surface area contributed by atoms with E-state index in [9.17, 15) is 76.5 Å². The third-order valence-electron chi connectivity index (χ3n) is 18.7. The number of rotatable bonds is 22. The van der Waals surface area contributed by atoms with Crippen LogP contribution in [0, 0.1) is 0 Å². The number of amides is 1. The molecule has 0 atom stereocenters. The quantitative estimate of drug-likeness (QED) is 0.0250. The number of allylic oxidation sites excluding steroid dienone is 4. The first-order valence-electron chi connectivity index (χ1n) is 30.6. The van der Waals surface area contributed by atoms with E-state index in [0.29, 0.717) is 70.5 Å². The second kappa shape index (κ2) is 24.8. The smallest absolute Gasteiger partial charge is 0.336 e. The van der Waals surface area contributed by atoms with Gasteiger partial charge in [-0.05, 0) is 135 Å². The molecule has 504 valence electrons. The summed E-state index contributed by atoms with van der Waals surface area (Å²) in [5.74, 6) is -4.82. The molecular formula is C68H75N5O18S4. The Kier molecular flexibility index (Phi) is 18.2. The molecule has 5 aromatic rings. The number of ether oxygens (including phenoxy) is 1. The number of aliphatic carboxylic acids is 1. The van der Waals surface area contributed by atoms with Crippen LogP contribution in [0.15, 0.2) is 120 Å². The molecule has 0 bridgehead atoms. The molecule has 0 saturated carbocycles. The van der Waals surface area contributed by atoms with Gasteiger partial charge in [0, 0.05) is 126 Å². The fraction of sp³-hybridized carbons (Fsp3) is 0.368. The highest BCUT2D eigenvalue weighted by molar-refractivity contribution is 7.86. The Morgan fingerprint density at radius 3 is 2.05 bits per heavy atom. The molecule has 5 aromatic carbocycles. The number of likely N-dealkylation sites (N-methyl/N-ethyl adjacent to an activating group) is 2. The summed E-state index contributed by atoms with van der Waals surface area (Å²) in [5.41, 5.74) is 3.51. The second-order valence-electron chi connectivity index (χ2n) is 26.8. The molecule has 0 spiro atoms. The lowest BCUT2D eigenvalue weighted by Crippen LogP contribution is -2.47. The van der Waals surface area contributed by atoms with Gasteiger partial charge in [0.15, 0.2) is 11.3 Å². The maximum atomic E-state index is 14.7. The van der Waals surface area contributed by atoms with Crippen LogP contribution in [0.5, 0.6) is 11.5 Å². The number of nitrogens with one attached hydrogen (secondary N) is 1. The number of benzene rings is 5. The molecule has 0 saturated heterocycles. The molecule has 0 radical (unpaired) electrons. The van der Waals surface area contributed by atoms with Crippen LogP contribution < -0.4 is 35.0 Å². The number of anilines is 2. The topological polar surface area (TPSA) is 349 Å². The predicted octanol–water partition coefficient (Wildman–Crippen LogP) is 7.45. The third-order valence-corrected chi connectivity index (χ3v) is 21.7. The lowest BCUT2D eigenvalue weighted by molar-refractivity contribution is -0.438. The minimum absolute atomic E-state index is 0.00434. The molecule has 0 aromatic heterocycles. The summed E-state index contributed by atoms with van der Waals surface area (Å²) in [7, 11) is -15.1. The van der Waals surface area contributed by atoms with Crippen LogP contribution in [0.1, 0.15) is 147 Å². The number of aromatic carboxylic acids is 1. The molecule has 1 amide bonds. The number of nitrogens with zero attached hydrogens (tertiary/aromatic N) is 4. The van der Waals surface area contributed by atoms with Crippen LogP contribution in [0.25, 0.3) is 16.7 Å².